The first-order chi connectivity index (χ1) is 27.0. The van der Waals surface area contributed by atoms with Crippen molar-refractivity contribution in [2.45, 2.75) is 128 Å². The van der Waals surface area contributed by atoms with Crippen LogP contribution in [0.1, 0.15) is 160 Å². The van der Waals surface area contributed by atoms with Gasteiger partial charge >= 0.3 is 11.9 Å². The van der Waals surface area contributed by atoms with Crippen molar-refractivity contribution in [2.24, 2.45) is 11.8 Å². The Balaban J connectivity index is 0.000000219. The monoisotopic (exact) mass is 772 g/mol. The number of hydrogen-bond acceptors (Lipinski definition) is 2. The number of unbranched alkanes of at least 4 members (excludes halogenated alkanes) is 5. The van der Waals surface area contributed by atoms with Gasteiger partial charge in [0.25, 0.3) is 0 Å². The maximum absolute atomic E-state index is 15.1. The minimum absolute atomic E-state index is 0.00199. The standard InChI is InChI=1S/C27H34F2O2.C21H22F2O2/c1-2-3-4-5-6-7-8-19-9-11-20(12-10-19)25-17-21(13-15-24(25)27(30)31)23-16-14-22(28)18-26(23)29;1-2-13-3-5-15(6-4-13)19-17(14-7-9-16(22)10-8-14)11-12-18(20(19)23)21(24)25/h13-20H,2-12H2,1H3,(H,30,31);7-13,15H,2-6H2,1H3,(H,24,25). The van der Waals surface area contributed by atoms with Crippen molar-refractivity contribution in [1.29, 1.82) is 0 Å². The van der Waals surface area contributed by atoms with Crippen LogP contribution in [0.25, 0.3) is 22.3 Å². The van der Waals surface area contributed by atoms with Crippen LogP contribution in [0, 0.1) is 35.1 Å². The van der Waals surface area contributed by atoms with E-state index in [1.807, 2.05) is 0 Å². The van der Waals surface area contributed by atoms with E-state index in [-0.39, 0.29) is 23.2 Å². The van der Waals surface area contributed by atoms with E-state index in [9.17, 15) is 33.0 Å². The molecule has 2 saturated carbocycles. The highest BCUT2D eigenvalue weighted by molar-refractivity contribution is 5.91. The molecule has 2 aliphatic carbocycles. The molecule has 6 rings (SSSR count). The van der Waals surface area contributed by atoms with Gasteiger partial charge in [0, 0.05) is 11.6 Å². The third kappa shape index (κ3) is 11.1. The summed E-state index contributed by atoms with van der Waals surface area (Å²) in [7, 11) is 0. The summed E-state index contributed by atoms with van der Waals surface area (Å²) in [5, 5.41) is 19.0. The molecule has 0 saturated heterocycles. The normalized spacial score (nSPS) is 19.5. The highest BCUT2D eigenvalue weighted by Crippen LogP contribution is 2.43. The van der Waals surface area contributed by atoms with E-state index >= 15 is 4.39 Å². The first kappa shape index (κ1) is 42.7. The molecule has 2 fully saturated rings. The lowest BCUT2D eigenvalue weighted by molar-refractivity contribution is 0.0682. The van der Waals surface area contributed by atoms with Gasteiger partial charge in [-0.25, -0.2) is 27.2 Å². The SMILES string of the molecule is CCC1CCC(c2c(-c3ccc(F)cc3)ccc(C(=O)O)c2F)CC1.CCCCCCCCC1CCC(c2cc(-c3ccc(F)cc3F)ccc2C(=O)O)CC1. The van der Waals surface area contributed by atoms with E-state index in [1.165, 1.54) is 75.3 Å². The van der Waals surface area contributed by atoms with Crippen molar-refractivity contribution in [3.05, 3.63) is 118 Å². The number of carboxylic acids is 2. The molecular formula is C48H56F4O4. The average Bonchev–Trinajstić information content (AvgIpc) is 3.19. The molecule has 0 spiro atoms. The van der Waals surface area contributed by atoms with Gasteiger partial charge < -0.3 is 10.2 Å². The highest BCUT2D eigenvalue weighted by Gasteiger charge is 2.29. The number of halogens is 4. The maximum Gasteiger partial charge on any atom is 0.338 e. The van der Waals surface area contributed by atoms with Crippen LogP contribution in [0.4, 0.5) is 17.6 Å². The molecule has 0 aliphatic heterocycles. The number of rotatable bonds is 14. The van der Waals surface area contributed by atoms with Gasteiger partial charge in [-0.05, 0) is 145 Å². The molecule has 0 radical (unpaired) electrons. The molecule has 4 aromatic rings. The van der Waals surface area contributed by atoms with Gasteiger partial charge in [-0.15, -0.1) is 0 Å². The Morgan fingerprint density at radius 2 is 1.12 bits per heavy atom. The van der Waals surface area contributed by atoms with Crippen molar-refractivity contribution in [2.75, 3.05) is 0 Å². The number of carboxylic acid groups (broad SMARTS) is 2. The average molecular weight is 773 g/mol. The van der Waals surface area contributed by atoms with Crippen LogP contribution < -0.4 is 0 Å². The lowest BCUT2D eigenvalue weighted by atomic mass is 9.75. The van der Waals surface area contributed by atoms with Gasteiger partial charge in [0.15, 0.2) is 0 Å². The summed E-state index contributed by atoms with van der Waals surface area (Å²) in [4.78, 5) is 23.2. The van der Waals surface area contributed by atoms with Crippen LogP contribution in [-0.4, -0.2) is 22.2 Å². The quantitative estimate of drug-likeness (QED) is 0.0989. The molecule has 0 atom stereocenters. The molecule has 0 aromatic heterocycles. The Bertz CT molecular complexity index is 1910. The summed E-state index contributed by atoms with van der Waals surface area (Å²) in [6.45, 7) is 4.40. The van der Waals surface area contributed by atoms with E-state index in [4.69, 9.17) is 0 Å². The Morgan fingerprint density at radius 1 is 0.571 bits per heavy atom. The lowest BCUT2D eigenvalue weighted by Gasteiger charge is -2.30. The summed E-state index contributed by atoms with van der Waals surface area (Å²) >= 11 is 0. The van der Waals surface area contributed by atoms with Crippen LogP contribution in [0.5, 0.6) is 0 Å². The second kappa shape index (κ2) is 20.6. The second-order valence-electron chi connectivity index (χ2n) is 15.8. The summed E-state index contributed by atoms with van der Waals surface area (Å²) in [6, 6.07) is 17.4. The third-order valence-electron chi connectivity index (χ3n) is 12.2. The topological polar surface area (TPSA) is 74.6 Å². The zero-order chi connectivity index (χ0) is 40.2. The van der Waals surface area contributed by atoms with E-state index in [1.54, 1.807) is 36.4 Å². The molecule has 4 nitrogen and oxygen atoms in total. The predicted molar refractivity (Wildman–Crippen MR) is 215 cm³/mol. The van der Waals surface area contributed by atoms with Gasteiger partial charge in [-0.3, -0.25) is 0 Å². The van der Waals surface area contributed by atoms with E-state index in [0.717, 1.165) is 75.3 Å². The van der Waals surface area contributed by atoms with Gasteiger partial charge in [-0.2, -0.15) is 0 Å². The van der Waals surface area contributed by atoms with Crippen LogP contribution in [0.15, 0.2) is 72.8 Å². The van der Waals surface area contributed by atoms with Crippen molar-refractivity contribution in [1.82, 2.24) is 0 Å². The smallest absolute Gasteiger partial charge is 0.338 e. The number of benzene rings is 4. The van der Waals surface area contributed by atoms with Gasteiger partial charge in [0.2, 0.25) is 0 Å². The summed E-state index contributed by atoms with van der Waals surface area (Å²) < 4.78 is 55.9. The molecule has 300 valence electrons. The fourth-order valence-corrected chi connectivity index (χ4v) is 8.86. The molecule has 2 N–H and O–H groups in total. The second-order valence-corrected chi connectivity index (χ2v) is 15.8. The number of carbonyl (C=O) groups is 2. The van der Waals surface area contributed by atoms with Crippen molar-refractivity contribution < 1.29 is 37.4 Å². The Labute approximate surface area is 329 Å². The summed E-state index contributed by atoms with van der Waals surface area (Å²) in [5.41, 5.74) is 3.55. The molecule has 0 amide bonds. The Hall–Kier alpha value is -4.46. The molecule has 0 unspecified atom stereocenters. The largest absolute Gasteiger partial charge is 0.478 e. The Morgan fingerprint density at radius 3 is 1.75 bits per heavy atom. The molecule has 0 bridgehead atoms. The fourth-order valence-electron chi connectivity index (χ4n) is 8.86. The van der Waals surface area contributed by atoms with Gasteiger partial charge in [0.05, 0.1) is 11.1 Å². The number of hydrogen-bond donors (Lipinski definition) is 2. The zero-order valence-corrected chi connectivity index (χ0v) is 32.8. The third-order valence-corrected chi connectivity index (χ3v) is 12.2. The molecule has 4 aromatic carbocycles. The lowest BCUT2D eigenvalue weighted by Crippen LogP contribution is -2.16. The maximum atomic E-state index is 15.1. The summed E-state index contributed by atoms with van der Waals surface area (Å²) in [5.74, 6) is -2.88. The van der Waals surface area contributed by atoms with E-state index in [0.29, 0.717) is 39.3 Å². The van der Waals surface area contributed by atoms with Crippen molar-refractivity contribution in [3.8, 4) is 22.3 Å². The van der Waals surface area contributed by atoms with Gasteiger partial charge in [-0.1, -0.05) is 89.5 Å². The Kier molecular flexibility index (Phi) is 15.7. The molecule has 8 heteroatoms. The zero-order valence-electron chi connectivity index (χ0n) is 32.8. The first-order valence-electron chi connectivity index (χ1n) is 20.6. The summed E-state index contributed by atoms with van der Waals surface area (Å²) in [6.07, 6.45) is 18.2. The highest BCUT2D eigenvalue weighted by atomic mass is 19.1. The van der Waals surface area contributed by atoms with Gasteiger partial charge in [0.1, 0.15) is 23.3 Å². The molecule has 0 heterocycles. The first-order valence-corrected chi connectivity index (χ1v) is 20.6. The predicted octanol–water partition coefficient (Wildman–Crippen LogP) is 14.4. The van der Waals surface area contributed by atoms with Crippen LogP contribution in [0.2, 0.25) is 0 Å². The van der Waals surface area contributed by atoms with Crippen molar-refractivity contribution in [3.63, 3.8) is 0 Å². The molecule has 56 heavy (non-hydrogen) atoms. The number of aromatic carboxylic acids is 2. The fraction of sp³-hybridized carbons (Fsp3) is 0.458. The van der Waals surface area contributed by atoms with E-state index < -0.39 is 29.4 Å². The van der Waals surface area contributed by atoms with Crippen molar-refractivity contribution >= 4 is 11.9 Å². The molecule has 2 aliphatic rings. The molecular weight excluding hydrogens is 717 g/mol. The minimum atomic E-state index is -1.26. The van der Waals surface area contributed by atoms with E-state index in [2.05, 4.69) is 13.8 Å². The van der Waals surface area contributed by atoms with Crippen LogP contribution in [0.3, 0.4) is 0 Å². The minimum Gasteiger partial charge on any atom is -0.478 e. The van der Waals surface area contributed by atoms with Crippen LogP contribution >= 0.6 is 0 Å². The van der Waals surface area contributed by atoms with Crippen LogP contribution in [-0.2, 0) is 0 Å².